The van der Waals surface area contributed by atoms with E-state index in [9.17, 15) is 19.1 Å². The van der Waals surface area contributed by atoms with Crippen molar-refractivity contribution in [3.8, 4) is 11.5 Å². The molecule has 0 amide bonds. The Morgan fingerprint density at radius 3 is 2.41 bits per heavy atom. The highest BCUT2D eigenvalue weighted by Gasteiger charge is 2.26. The van der Waals surface area contributed by atoms with Crippen molar-refractivity contribution in [2.45, 2.75) is 46.3 Å². The highest BCUT2D eigenvalue weighted by molar-refractivity contribution is 6.32. The van der Waals surface area contributed by atoms with E-state index in [0.717, 1.165) is 15.3 Å². The smallest absolute Gasteiger partial charge is 0.352 e. The third kappa shape index (κ3) is 3.72. The van der Waals surface area contributed by atoms with Gasteiger partial charge in [-0.3, -0.25) is 13.9 Å². The Morgan fingerprint density at radius 2 is 1.85 bits per heavy atom. The summed E-state index contributed by atoms with van der Waals surface area (Å²) in [6, 6.07) is 4.99. The van der Waals surface area contributed by atoms with Gasteiger partial charge in [-0.25, -0.2) is 18.6 Å². The summed E-state index contributed by atoms with van der Waals surface area (Å²) < 4.78 is 32.9. The van der Waals surface area contributed by atoms with E-state index in [2.05, 4.69) is 10.1 Å². The van der Waals surface area contributed by atoms with E-state index in [-0.39, 0.29) is 34.0 Å². The predicted octanol–water partition coefficient (Wildman–Crippen LogP) is 3.47. The maximum Gasteiger partial charge on any atom is 0.352 e. The van der Waals surface area contributed by atoms with Crippen LogP contribution in [-0.2, 0) is 18.6 Å². The molecule has 0 bridgehead atoms. The van der Waals surface area contributed by atoms with E-state index < -0.39 is 40.7 Å². The lowest BCUT2D eigenvalue weighted by molar-refractivity contribution is 0.264. The highest BCUT2D eigenvalue weighted by atomic mass is 35.5. The van der Waals surface area contributed by atoms with Crippen LogP contribution in [0, 0.1) is 11.6 Å². The second-order valence-electron chi connectivity index (χ2n) is 8.74. The van der Waals surface area contributed by atoms with Gasteiger partial charge in [0.25, 0.3) is 5.56 Å². The van der Waals surface area contributed by atoms with Gasteiger partial charge in [0.1, 0.15) is 18.1 Å². The highest BCUT2D eigenvalue weighted by Crippen LogP contribution is 2.31. The molecular weight excluding hydrogens is 468 g/mol. The summed E-state index contributed by atoms with van der Waals surface area (Å²) in [5, 5.41) is 13.4. The van der Waals surface area contributed by atoms with Gasteiger partial charge in [0.05, 0.1) is 15.9 Å². The summed E-state index contributed by atoms with van der Waals surface area (Å²) in [7, 11) is 0. The number of fused-ring (bicyclic) bond motifs is 1. The molecular formula is C23H22ClF2N5O3. The van der Waals surface area contributed by atoms with Gasteiger partial charge < -0.3 is 5.11 Å². The average molecular weight is 490 g/mol. The lowest BCUT2D eigenvalue weighted by atomic mass is 9.86. The first-order chi connectivity index (χ1) is 16.0. The molecule has 0 aliphatic heterocycles. The number of benzene rings is 1. The van der Waals surface area contributed by atoms with Crippen molar-refractivity contribution in [1.82, 2.24) is 23.9 Å². The average Bonchev–Trinajstić information content (AvgIpc) is 3.09. The van der Waals surface area contributed by atoms with Crippen LogP contribution < -0.4 is 11.2 Å². The Balaban J connectivity index is 2.11. The van der Waals surface area contributed by atoms with Crippen LogP contribution in [0.2, 0.25) is 5.02 Å². The molecule has 0 atom stereocenters. The molecule has 4 rings (SSSR count). The van der Waals surface area contributed by atoms with Gasteiger partial charge in [-0.1, -0.05) is 38.4 Å². The molecule has 4 aromatic rings. The number of aliphatic hydroxyl groups is 1. The van der Waals surface area contributed by atoms with Crippen LogP contribution in [0.5, 0.6) is 0 Å². The van der Waals surface area contributed by atoms with Crippen LogP contribution in [0.1, 0.15) is 39.1 Å². The van der Waals surface area contributed by atoms with Crippen LogP contribution in [0.4, 0.5) is 8.78 Å². The number of hydrogen-bond acceptors (Lipinski definition) is 5. The fourth-order valence-corrected chi connectivity index (χ4v) is 4.07. The minimum atomic E-state index is -0.978. The summed E-state index contributed by atoms with van der Waals surface area (Å²) in [4.78, 5) is 30.4. The number of halogens is 3. The molecule has 178 valence electrons. The largest absolute Gasteiger partial charge is 0.388 e. The van der Waals surface area contributed by atoms with Crippen LogP contribution >= 0.6 is 11.6 Å². The molecule has 3 aromatic heterocycles. The number of nitrogens with zero attached hydrogens (tertiary/aromatic N) is 5. The molecule has 3 heterocycles. The van der Waals surface area contributed by atoms with Crippen LogP contribution in [0.15, 0.2) is 40.1 Å². The molecule has 0 spiro atoms. The quantitative estimate of drug-likeness (QED) is 0.473. The van der Waals surface area contributed by atoms with E-state index in [1.165, 1.54) is 29.0 Å². The number of pyridine rings is 2. The zero-order valence-corrected chi connectivity index (χ0v) is 19.7. The normalized spacial score (nSPS) is 12.0. The first kappa shape index (κ1) is 23.8. The molecule has 0 fully saturated rings. The van der Waals surface area contributed by atoms with E-state index >= 15 is 4.39 Å². The van der Waals surface area contributed by atoms with Gasteiger partial charge in [-0.15, -0.1) is 5.10 Å². The minimum absolute atomic E-state index is 0.0135. The molecule has 0 saturated carbocycles. The monoisotopic (exact) mass is 489 g/mol. The molecule has 0 aliphatic carbocycles. The third-order valence-corrected chi connectivity index (χ3v) is 5.81. The molecule has 0 unspecified atom stereocenters. The van der Waals surface area contributed by atoms with E-state index in [4.69, 9.17) is 11.6 Å². The van der Waals surface area contributed by atoms with Crippen LogP contribution in [0.3, 0.4) is 0 Å². The van der Waals surface area contributed by atoms with Crippen LogP contribution in [-0.4, -0.2) is 29.0 Å². The summed E-state index contributed by atoms with van der Waals surface area (Å²) in [5.74, 6) is -2.05. The first-order valence-electron chi connectivity index (χ1n) is 10.5. The van der Waals surface area contributed by atoms with Gasteiger partial charge in [-0.2, -0.15) is 4.68 Å². The zero-order chi connectivity index (χ0) is 24.9. The van der Waals surface area contributed by atoms with Crippen molar-refractivity contribution in [1.29, 1.82) is 0 Å². The fraction of sp³-hybridized carbons (Fsp3) is 0.304. The van der Waals surface area contributed by atoms with Crippen molar-refractivity contribution in [3.05, 3.63) is 79.3 Å². The van der Waals surface area contributed by atoms with E-state index in [1.54, 1.807) is 6.92 Å². The Bertz CT molecular complexity index is 1530. The molecule has 0 saturated heterocycles. The van der Waals surface area contributed by atoms with Gasteiger partial charge in [0.2, 0.25) is 0 Å². The van der Waals surface area contributed by atoms with E-state index in [1.807, 2.05) is 20.8 Å². The number of hydrogen-bond donors (Lipinski definition) is 1. The lowest BCUT2D eigenvalue weighted by Crippen LogP contribution is -2.27. The predicted molar refractivity (Wildman–Crippen MR) is 124 cm³/mol. The van der Waals surface area contributed by atoms with Crippen molar-refractivity contribution >= 4 is 22.5 Å². The summed E-state index contributed by atoms with van der Waals surface area (Å²) >= 11 is 6.19. The Kier molecular flexibility index (Phi) is 5.91. The standard InChI is InChI=1S/C23H22ClF2N5O3/c1-5-29-17(11-32)28-31(22(29)34)20-16(26)9-12-18(27-20)13(23(2,3)4)10-30(21(12)33)19-14(24)7-6-8-15(19)25/h6-10,32H,5,11H2,1-4H3. The maximum absolute atomic E-state index is 15.3. The van der Waals surface area contributed by atoms with Gasteiger partial charge in [-0.05, 0) is 30.5 Å². The summed E-state index contributed by atoms with van der Waals surface area (Å²) in [6.07, 6.45) is 1.43. The van der Waals surface area contributed by atoms with Gasteiger partial charge >= 0.3 is 5.69 Å². The number of para-hydroxylation sites is 1. The minimum Gasteiger partial charge on any atom is -0.388 e. The van der Waals surface area contributed by atoms with Crippen molar-refractivity contribution < 1.29 is 13.9 Å². The Labute approximate surface area is 197 Å². The second kappa shape index (κ2) is 8.44. The SMILES string of the molecule is CCn1c(CO)nn(-c2nc3c(C(C)(C)C)cn(-c4c(F)cccc4Cl)c(=O)c3cc2F)c1=O. The molecule has 8 nitrogen and oxygen atoms in total. The maximum atomic E-state index is 15.3. The Morgan fingerprint density at radius 1 is 1.15 bits per heavy atom. The lowest BCUT2D eigenvalue weighted by Gasteiger charge is -2.23. The van der Waals surface area contributed by atoms with E-state index in [0.29, 0.717) is 5.56 Å². The summed E-state index contributed by atoms with van der Waals surface area (Å²) in [5.41, 5.74) is -1.54. The molecule has 0 aliphatic rings. The summed E-state index contributed by atoms with van der Waals surface area (Å²) in [6.45, 7) is 6.94. The number of aromatic nitrogens is 5. The molecule has 34 heavy (non-hydrogen) atoms. The Hall–Kier alpha value is -3.37. The number of aliphatic hydroxyl groups excluding tert-OH is 1. The topological polar surface area (TPSA) is 94.9 Å². The third-order valence-electron chi connectivity index (χ3n) is 5.50. The van der Waals surface area contributed by atoms with Crippen molar-refractivity contribution in [2.75, 3.05) is 0 Å². The van der Waals surface area contributed by atoms with Gasteiger partial charge in [0.15, 0.2) is 17.5 Å². The fourth-order valence-electron chi connectivity index (χ4n) is 3.82. The zero-order valence-electron chi connectivity index (χ0n) is 18.9. The molecule has 0 radical (unpaired) electrons. The molecule has 1 aromatic carbocycles. The molecule has 1 N–H and O–H groups in total. The second-order valence-corrected chi connectivity index (χ2v) is 9.15. The van der Waals surface area contributed by atoms with Crippen molar-refractivity contribution in [2.24, 2.45) is 0 Å². The van der Waals surface area contributed by atoms with Gasteiger partial charge in [0, 0.05) is 18.3 Å². The number of rotatable bonds is 4. The van der Waals surface area contributed by atoms with Crippen LogP contribution in [0.25, 0.3) is 22.4 Å². The first-order valence-corrected chi connectivity index (χ1v) is 10.9. The van der Waals surface area contributed by atoms with Crippen molar-refractivity contribution in [3.63, 3.8) is 0 Å². The molecule has 11 heteroatoms.